The highest BCUT2D eigenvalue weighted by Crippen LogP contribution is 2.38. The lowest BCUT2D eigenvalue weighted by Crippen LogP contribution is -2.28. The Labute approximate surface area is 138 Å². The fourth-order valence-electron chi connectivity index (χ4n) is 3.38. The van der Waals surface area contributed by atoms with Gasteiger partial charge in [-0.3, -0.25) is 4.79 Å². The lowest BCUT2D eigenvalue weighted by Gasteiger charge is -2.24. The third kappa shape index (κ3) is 1.95. The van der Waals surface area contributed by atoms with E-state index >= 15 is 0 Å². The maximum atomic E-state index is 13.0. The number of nitrogens with zero attached hydrogens (tertiary/aromatic N) is 2. The molecular weight excluding hydrogens is 300 g/mol. The molecule has 0 aliphatic carbocycles. The van der Waals surface area contributed by atoms with Gasteiger partial charge in [0.15, 0.2) is 0 Å². The van der Waals surface area contributed by atoms with Gasteiger partial charge in [-0.1, -0.05) is 54.6 Å². The molecular formula is C20H14N2O2. The van der Waals surface area contributed by atoms with E-state index in [4.69, 9.17) is 0 Å². The first-order valence-corrected chi connectivity index (χ1v) is 7.76. The van der Waals surface area contributed by atoms with Crippen LogP contribution in [-0.2, 0) is 13.0 Å². The van der Waals surface area contributed by atoms with Gasteiger partial charge in [0.1, 0.15) is 17.4 Å². The highest BCUT2D eigenvalue weighted by Gasteiger charge is 2.27. The number of fused-ring (bicyclic) bond motifs is 3. The molecule has 4 nitrogen and oxygen atoms in total. The summed E-state index contributed by atoms with van der Waals surface area (Å²) < 4.78 is 1.61. The fourth-order valence-corrected chi connectivity index (χ4v) is 3.38. The smallest absolute Gasteiger partial charge is 0.262 e. The number of hydrogen-bond donors (Lipinski definition) is 1. The molecule has 4 rings (SSSR count). The van der Waals surface area contributed by atoms with Crippen LogP contribution in [0, 0.1) is 11.3 Å². The van der Waals surface area contributed by atoms with E-state index in [1.54, 1.807) is 28.8 Å². The van der Waals surface area contributed by atoms with Gasteiger partial charge >= 0.3 is 0 Å². The molecule has 3 aromatic rings. The Bertz CT molecular complexity index is 1040. The summed E-state index contributed by atoms with van der Waals surface area (Å²) in [5, 5.41) is 20.3. The van der Waals surface area contributed by atoms with E-state index in [1.165, 1.54) is 0 Å². The molecule has 1 aromatic heterocycles. The van der Waals surface area contributed by atoms with Crippen molar-refractivity contribution in [2.45, 2.75) is 13.0 Å². The lowest BCUT2D eigenvalue weighted by molar-refractivity contribution is 0.471. The monoisotopic (exact) mass is 314 g/mol. The topological polar surface area (TPSA) is 66.0 Å². The third-order valence-corrected chi connectivity index (χ3v) is 4.49. The van der Waals surface area contributed by atoms with Crippen molar-refractivity contribution in [3.8, 4) is 34.2 Å². The van der Waals surface area contributed by atoms with Gasteiger partial charge in [-0.2, -0.15) is 5.26 Å². The minimum Gasteiger partial charge on any atom is -0.506 e. The molecule has 1 N–H and O–H groups in total. The van der Waals surface area contributed by atoms with Crippen LogP contribution in [0.15, 0.2) is 59.4 Å². The summed E-state index contributed by atoms with van der Waals surface area (Å²) in [6.45, 7) is 0.500. The number of hydrogen-bond acceptors (Lipinski definition) is 3. The van der Waals surface area contributed by atoms with Crippen LogP contribution < -0.4 is 5.56 Å². The average molecular weight is 314 g/mol. The molecule has 0 atom stereocenters. The number of pyridine rings is 1. The summed E-state index contributed by atoms with van der Waals surface area (Å²) in [6.07, 6.45) is 0.729. The van der Waals surface area contributed by atoms with Crippen molar-refractivity contribution < 1.29 is 5.11 Å². The van der Waals surface area contributed by atoms with E-state index in [-0.39, 0.29) is 22.4 Å². The summed E-state index contributed by atoms with van der Waals surface area (Å²) in [4.78, 5) is 13.0. The van der Waals surface area contributed by atoms with Gasteiger partial charge in [-0.25, -0.2) is 0 Å². The van der Waals surface area contributed by atoms with Gasteiger partial charge in [0.05, 0.1) is 11.3 Å². The first kappa shape index (κ1) is 14.3. The molecule has 0 fully saturated rings. The molecule has 4 heteroatoms. The van der Waals surface area contributed by atoms with E-state index in [2.05, 4.69) is 6.07 Å². The molecule has 116 valence electrons. The Morgan fingerprint density at radius 1 is 1.04 bits per heavy atom. The number of nitriles is 1. The van der Waals surface area contributed by atoms with Crippen molar-refractivity contribution in [2.24, 2.45) is 0 Å². The molecule has 0 bridgehead atoms. The van der Waals surface area contributed by atoms with Crippen LogP contribution in [0.3, 0.4) is 0 Å². The normalized spacial score (nSPS) is 12.1. The zero-order chi connectivity index (χ0) is 16.7. The molecule has 0 saturated heterocycles. The predicted molar refractivity (Wildman–Crippen MR) is 91.7 cm³/mol. The Hall–Kier alpha value is -3.32. The Balaban J connectivity index is 2.12. The lowest BCUT2D eigenvalue weighted by atomic mass is 9.92. The van der Waals surface area contributed by atoms with Gasteiger partial charge in [0.2, 0.25) is 0 Å². The first-order chi connectivity index (χ1) is 11.7. The largest absolute Gasteiger partial charge is 0.506 e. The molecule has 1 aliphatic rings. The highest BCUT2D eigenvalue weighted by molar-refractivity contribution is 5.81. The predicted octanol–water partition coefficient (Wildman–Crippen LogP) is 3.32. The molecule has 1 aliphatic heterocycles. The van der Waals surface area contributed by atoms with E-state index in [9.17, 15) is 15.2 Å². The molecule has 2 heterocycles. The second kappa shape index (κ2) is 5.39. The van der Waals surface area contributed by atoms with Gasteiger partial charge in [-0.05, 0) is 17.5 Å². The zero-order valence-electron chi connectivity index (χ0n) is 12.9. The first-order valence-electron chi connectivity index (χ1n) is 7.76. The van der Waals surface area contributed by atoms with E-state index in [0.717, 1.165) is 17.5 Å². The van der Waals surface area contributed by atoms with Gasteiger partial charge < -0.3 is 9.67 Å². The number of benzene rings is 2. The van der Waals surface area contributed by atoms with E-state index in [1.807, 2.05) is 30.3 Å². The number of aryl methyl sites for hydroxylation is 1. The molecule has 0 spiro atoms. The second-order valence-electron chi connectivity index (χ2n) is 5.79. The van der Waals surface area contributed by atoms with Gasteiger partial charge in [-0.15, -0.1) is 0 Å². The quantitative estimate of drug-likeness (QED) is 0.749. The molecule has 0 radical (unpaired) electrons. The van der Waals surface area contributed by atoms with Crippen LogP contribution in [0.4, 0.5) is 0 Å². The van der Waals surface area contributed by atoms with Crippen LogP contribution in [0.1, 0.15) is 11.1 Å². The third-order valence-electron chi connectivity index (χ3n) is 4.49. The minimum atomic E-state index is -0.262. The number of rotatable bonds is 1. The number of aromatic hydroxyl groups is 1. The minimum absolute atomic E-state index is 0.153. The molecule has 0 amide bonds. The van der Waals surface area contributed by atoms with E-state index in [0.29, 0.717) is 17.8 Å². The zero-order valence-corrected chi connectivity index (χ0v) is 12.9. The maximum Gasteiger partial charge on any atom is 0.262 e. The van der Waals surface area contributed by atoms with Crippen molar-refractivity contribution >= 4 is 0 Å². The summed E-state index contributed by atoms with van der Waals surface area (Å²) >= 11 is 0. The Morgan fingerprint density at radius 3 is 2.50 bits per heavy atom. The average Bonchev–Trinajstić information content (AvgIpc) is 2.63. The van der Waals surface area contributed by atoms with Crippen LogP contribution in [0.2, 0.25) is 0 Å². The van der Waals surface area contributed by atoms with Gasteiger partial charge in [0, 0.05) is 12.1 Å². The summed E-state index contributed by atoms with van der Waals surface area (Å²) in [6, 6.07) is 18.8. The Morgan fingerprint density at radius 2 is 1.75 bits per heavy atom. The Kier molecular flexibility index (Phi) is 3.21. The highest BCUT2D eigenvalue weighted by atomic mass is 16.3. The maximum absolute atomic E-state index is 13.0. The second-order valence-corrected chi connectivity index (χ2v) is 5.79. The van der Waals surface area contributed by atoms with Gasteiger partial charge in [0.25, 0.3) is 5.56 Å². The van der Waals surface area contributed by atoms with Crippen molar-refractivity contribution in [1.29, 1.82) is 5.26 Å². The van der Waals surface area contributed by atoms with Crippen molar-refractivity contribution in [2.75, 3.05) is 0 Å². The van der Waals surface area contributed by atoms with Crippen LogP contribution in [0.25, 0.3) is 22.4 Å². The summed E-state index contributed by atoms with van der Waals surface area (Å²) in [7, 11) is 0. The number of aromatic nitrogens is 1. The molecule has 2 aromatic carbocycles. The molecule has 24 heavy (non-hydrogen) atoms. The molecule has 0 unspecified atom stereocenters. The van der Waals surface area contributed by atoms with E-state index < -0.39 is 0 Å². The summed E-state index contributed by atoms with van der Waals surface area (Å²) in [5.41, 5.74) is 3.14. The van der Waals surface area contributed by atoms with Crippen molar-refractivity contribution in [1.82, 2.24) is 4.57 Å². The van der Waals surface area contributed by atoms with Crippen LogP contribution in [-0.4, -0.2) is 9.67 Å². The SMILES string of the molecule is N#Cc1c(O)c(-c2ccccc2)c(=O)n2c1-c1ccccc1CC2. The standard InChI is InChI=1S/C20H14N2O2/c21-12-16-18-15-9-5-4-6-13(15)10-11-22(18)20(24)17(19(16)23)14-7-2-1-3-8-14/h1-9,23H,10-11H2. The van der Waals surface area contributed by atoms with Crippen LogP contribution in [0.5, 0.6) is 5.75 Å². The summed E-state index contributed by atoms with van der Waals surface area (Å²) in [5.74, 6) is -0.239. The van der Waals surface area contributed by atoms with Crippen molar-refractivity contribution in [3.05, 3.63) is 76.1 Å². The molecule has 0 saturated carbocycles. The van der Waals surface area contributed by atoms with Crippen LogP contribution >= 0.6 is 0 Å². The van der Waals surface area contributed by atoms with Crippen molar-refractivity contribution in [3.63, 3.8) is 0 Å². The fraction of sp³-hybridized carbons (Fsp3) is 0.100.